The van der Waals surface area contributed by atoms with Crippen molar-refractivity contribution in [1.29, 1.82) is 0 Å². The lowest BCUT2D eigenvalue weighted by Crippen LogP contribution is -2.31. The summed E-state index contributed by atoms with van der Waals surface area (Å²) in [5.74, 6) is 0.907. The van der Waals surface area contributed by atoms with Crippen molar-refractivity contribution >= 4 is 15.9 Å². The van der Waals surface area contributed by atoms with E-state index >= 15 is 0 Å². The zero-order chi connectivity index (χ0) is 20.1. The van der Waals surface area contributed by atoms with Crippen LogP contribution in [0, 0.1) is 0 Å². The molecule has 148 valence electrons. The monoisotopic (exact) mass is 402 g/mol. The van der Waals surface area contributed by atoms with Crippen LogP contribution in [0.4, 0.5) is 0 Å². The van der Waals surface area contributed by atoms with Crippen LogP contribution in [0.2, 0.25) is 0 Å². The Morgan fingerprint density at radius 1 is 1.00 bits per heavy atom. The Balaban J connectivity index is 1.88. The maximum Gasteiger partial charge on any atom is 0.254 e. The lowest BCUT2D eigenvalue weighted by Gasteiger charge is -2.21. The van der Waals surface area contributed by atoms with Crippen LogP contribution in [0.3, 0.4) is 0 Å². The van der Waals surface area contributed by atoms with Crippen molar-refractivity contribution in [1.82, 2.24) is 9.62 Å². The van der Waals surface area contributed by atoms with Gasteiger partial charge in [-0.25, -0.2) is 13.1 Å². The zero-order valence-corrected chi connectivity index (χ0v) is 16.5. The molecule has 0 spiro atoms. The molecule has 0 saturated carbocycles. The molecule has 0 aliphatic heterocycles. The van der Waals surface area contributed by atoms with E-state index in [0.29, 0.717) is 11.5 Å². The summed E-state index contributed by atoms with van der Waals surface area (Å²) in [6.45, 7) is 3.93. The highest BCUT2D eigenvalue weighted by Crippen LogP contribution is 2.18. The summed E-state index contributed by atoms with van der Waals surface area (Å²) in [4.78, 5) is 14.7. The number of rotatable bonds is 8. The van der Waals surface area contributed by atoms with Crippen molar-refractivity contribution in [3.05, 3.63) is 78.1 Å². The number of furan rings is 2. The molecule has 3 rings (SSSR count). The zero-order valence-electron chi connectivity index (χ0n) is 15.7. The van der Waals surface area contributed by atoms with Crippen molar-refractivity contribution in [2.45, 2.75) is 37.9 Å². The summed E-state index contributed by atoms with van der Waals surface area (Å²) in [6, 6.07) is 12.8. The fourth-order valence-electron chi connectivity index (χ4n) is 2.74. The number of hydrogen-bond acceptors (Lipinski definition) is 5. The van der Waals surface area contributed by atoms with E-state index in [2.05, 4.69) is 4.72 Å². The standard InChI is InChI=1S/C20H22N2O5S/c1-15(2)21-28(24,25)19-9-3-6-16(12-19)20(23)22(13-17-7-4-10-26-17)14-18-8-5-11-27-18/h3-12,15,21H,13-14H2,1-2H3. The third-order valence-corrected chi connectivity index (χ3v) is 5.58. The molecule has 0 saturated heterocycles. The molecule has 0 radical (unpaired) electrons. The molecular formula is C20H22N2O5S. The first-order valence-electron chi connectivity index (χ1n) is 8.81. The fraction of sp³-hybridized carbons (Fsp3) is 0.250. The first-order valence-corrected chi connectivity index (χ1v) is 10.3. The number of nitrogens with one attached hydrogen (secondary N) is 1. The molecule has 0 fully saturated rings. The van der Waals surface area contributed by atoms with Crippen molar-refractivity contribution < 1.29 is 22.0 Å². The molecule has 7 nitrogen and oxygen atoms in total. The van der Waals surface area contributed by atoms with Gasteiger partial charge in [0.25, 0.3) is 5.91 Å². The Morgan fingerprint density at radius 3 is 2.11 bits per heavy atom. The maximum atomic E-state index is 13.1. The molecule has 2 heterocycles. The average Bonchev–Trinajstić information content (AvgIpc) is 3.34. The molecule has 2 aromatic heterocycles. The summed E-state index contributed by atoms with van der Waals surface area (Å²) in [5.41, 5.74) is 0.268. The van der Waals surface area contributed by atoms with Crippen molar-refractivity contribution in [3.63, 3.8) is 0 Å². The van der Waals surface area contributed by atoms with Gasteiger partial charge in [0.05, 0.1) is 30.5 Å². The maximum absolute atomic E-state index is 13.1. The second-order valence-electron chi connectivity index (χ2n) is 6.62. The van der Waals surface area contributed by atoms with Crippen LogP contribution in [0.25, 0.3) is 0 Å². The first kappa shape index (κ1) is 19.9. The molecule has 0 atom stereocenters. The van der Waals surface area contributed by atoms with Gasteiger partial charge < -0.3 is 13.7 Å². The number of carbonyl (C=O) groups is 1. The van der Waals surface area contributed by atoms with Crippen molar-refractivity contribution in [2.24, 2.45) is 0 Å². The topological polar surface area (TPSA) is 92.8 Å². The number of nitrogens with zero attached hydrogens (tertiary/aromatic N) is 1. The number of benzene rings is 1. The Hall–Kier alpha value is -2.84. The molecule has 0 unspecified atom stereocenters. The number of hydrogen-bond donors (Lipinski definition) is 1. The SMILES string of the molecule is CC(C)NS(=O)(=O)c1cccc(C(=O)N(Cc2ccco2)Cc2ccco2)c1. The number of sulfonamides is 1. The molecule has 3 aromatic rings. The van der Waals surface area contributed by atoms with E-state index in [1.54, 1.807) is 55.1 Å². The summed E-state index contributed by atoms with van der Waals surface area (Å²) >= 11 is 0. The number of carbonyl (C=O) groups excluding carboxylic acids is 1. The predicted molar refractivity (Wildman–Crippen MR) is 103 cm³/mol. The largest absolute Gasteiger partial charge is 0.467 e. The van der Waals surface area contributed by atoms with Gasteiger partial charge in [-0.15, -0.1) is 0 Å². The summed E-state index contributed by atoms with van der Waals surface area (Å²) in [6.07, 6.45) is 3.07. The van der Waals surface area contributed by atoms with E-state index in [0.717, 1.165) is 0 Å². The molecule has 0 bridgehead atoms. The Kier molecular flexibility index (Phi) is 6.01. The molecule has 0 aliphatic rings. The van der Waals surface area contributed by atoms with Gasteiger partial charge in [-0.1, -0.05) is 6.07 Å². The fourth-order valence-corrected chi connectivity index (χ4v) is 4.03. The Bertz CT molecular complexity index is 973. The average molecular weight is 402 g/mol. The van der Waals surface area contributed by atoms with E-state index in [1.165, 1.54) is 24.7 Å². The van der Waals surface area contributed by atoms with Gasteiger partial charge in [-0.05, 0) is 56.3 Å². The van der Waals surface area contributed by atoms with Crippen LogP contribution in [0.1, 0.15) is 35.7 Å². The Morgan fingerprint density at radius 2 is 1.61 bits per heavy atom. The van der Waals surface area contributed by atoms with Gasteiger partial charge in [0.2, 0.25) is 10.0 Å². The van der Waals surface area contributed by atoms with Crippen LogP contribution < -0.4 is 4.72 Å². The minimum Gasteiger partial charge on any atom is -0.467 e. The molecular weight excluding hydrogens is 380 g/mol. The summed E-state index contributed by atoms with van der Waals surface area (Å²) < 4.78 is 38.1. The molecule has 0 aliphatic carbocycles. The lowest BCUT2D eigenvalue weighted by molar-refractivity contribution is 0.0704. The van der Waals surface area contributed by atoms with E-state index in [9.17, 15) is 13.2 Å². The minimum atomic E-state index is -3.70. The molecule has 1 amide bonds. The predicted octanol–water partition coefficient (Wildman–Crippen LogP) is 3.40. The van der Waals surface area contributed by atoms with Gasteiger partial charge in [-0.3, -0.25) is 4.79 Å². The van der Waals surface area contributed by atoms with E-state index in [-0.39, 0.29) is 35.5 Å². The highest BCUT2D eigenvalue weighted by atomic mass is 32.2. The van der Waals surface area contributed by atoms with Gasteiger partial charge in [-0.2, -0.15) is 0 Å². The van der Waals surface area contributed by atoms with Crippen LogP contribution in [-0.4, -0.2) is 25.3 Å². The van der Waals surface area contributed by atoms with Gasteiger partial charge in [0.1, 0.15) is 11.5 Å². The summed E-state index contributed by atoms with van der Waals surface area (Å²) in [7, 11) is -3.70. The lowest BCUT2D eigenvalue weighted by atomic mass is 10.2. The van der Waals surface area contributed by atoms with E-state index in [4.69, 9.17) is 8.83 Å². The highest BCUT2D eigenvalue weighted by Gasteiger charge is 2.22. The van der Waals surface area contributed by atoms with Crippen LogP contribution in [-0.2, 0) is 23.1 Å². The van der Waals surface area contributed by atoms with E-state index in [1.807, 2.05) is 0 Å². The molecule has 1 aromatic carbocycles. The second-order valence-corrected chi connectivity index (χ2v) is 8.34. The van der Waals surface area contributed by atoms with Gasteiger partial charge in [0.15, 0.2) is 0 Å². The highest BCUT2D eigenvalue weighted by molar-refractivity contribution is 7.89. The molecule has 28 heavy (non-hydrogen) atoms. The normalized spacial score (nSPS) is 11.7. The Labute approximate surface area is 164 Å². The van der Waals surface area contributed by atoms with Crippen molar-refractivity contribution in [3.8, 4) is 0 Å². The second kappa shape index (κ2) is 8.45. The smallest absolute Gasteiger partial charge is 0.254 e. The minimum absolute atomic E-state index is 0.0444. The third-order valence-electron chi connectivity index (χ3n) is 3.92. The summed E-state index contributed by atoms with van der Waals surface area (Å²) in [5, 5.41) is 0. The number of amides is 1. The molecule has 1 N–H and O–H groups in total. The first-order chi connectivity index (χ1) is 13.3. The van der Waals surface area contributed by atoms with Crippen molar-refractivity contribution in [2.75, 3.05) is 0 Å². The third kappa shape index (κ3) is 4.90. The molecule has 8 heteroatoms. The van der Waals surface area contributed by atoms with Gasteiger partial charge in [0, 0.05) is 11.6 Å². The van der Waals surface area contributed by atoms with Crippen LogP contribution in [0.5, 0.6) is 0 Å². The van der Waals surface area contributed by atoms with Gasteiger partial charge >= 0.3 is 0 Å². The van der Waals surface area contributed by atoms with E-state index < -0.39 is 10.0 Å². The van der Waals surface area contributed by atoms with Crippen LogP contribution in [0.15, 0.2) is 74.8 Å². The quantitative estimate of drug-likeness (QED) is 0.623. The van der Waals surface area contributed by atoms with Crippen LogP contribution >= 0.6 is 0 Å².